The van der Waals surface area contributed by atoms with Crippen LogP contribution >= 0.6 is 0 Å². The Bertz CT molecular complexity index is 733. The zero-order valence-electron chi connectivity index (χ0n) is 11.8. The van der Waals surface area contributed by atoms with E-state index in [4.69, 9.17) is 4.52 Å². The summed E-state index contributed by atoms with van der Waals surface area (Å²) in [5, 5.41) is 13.4. The maximum absolute atomic E-state index is 9.47. The van der Waals surface area contributed by atoms with E-state index < -0.39 is 0 Å². The van der Waals surface area contributed by atoms with Crippen molar-refractivity contribution in [2.45, 2.75) is 19.8 Å². The van der Waals surface area contributed by atoms with Gasteiger partial charge in [0.1, 0.15) is 5.75 Å². The van der Waals surface area contributed by atoms with Gasteiger partial charge in [-0.2, -0.15) is 4.98 Å². The zero-order chi connectivity index (χ0) is 14.7. The lowest BCUT2D eigenvalue weighted by Crippen LogP contribution is -1.91. The van der Waals surface area contributed by atoms with Crippen molar-refractivity contribution in [2.75, 3.05) is 0 Å². The van der Waals surface area contributed by atoms with Crippen LogP contribution in [-0.4, -0.2) is 15.2 Å². The number of aryl methyl sites for hydroxylation is 3. The molecule has 0 fully saturated rings. The minimum atomic E-state index is 0.193. The predicted octanol–water partition coefficient (Wildman–Crippen LogP) is 3.54. The van der Waals surface area contributed by atoms with Gasteiger partial charge in [0.2, 0.25) is 11.7 Å². The number of hydrogen-bond donors (Lipinski definition) is 1. The summed E-state index contributed by atoms with van der Waals surface area (Å²) in [6.45, 7) is 2.07. The van der Waals surface area contributed by atoms with Crippen LogP contribution in [0.5, 0.6) is 5.75 Å². The molecule has 4 heteroatoms. The Morgan fingerprint density at radius 1 is 1.05 bits per heavy atom. The van der Waals surface area contributed by atoms with Crippen LogP contribution in [0.3, 0.4) is 0 Å². The molecule has 0 saturated carbocycles. The molecular weight excluding hydrogens is 264 g/mol. The van der Waals surface area contributed by atoms with Gasteiger partial charge in [0, 0.05) is 12.0 Å². The van der Waals surface area contributed by atoms with E-state index in [2.05, 4.69) is 41.3 Å². The van der Waals surface area contributed by atoms with Gasteiger partial charge in [0.25, 0.3) is 0 Å². The normalized spacial score (nSPS) is 10.7. The third kappa shape index (κ3) is 3.28. The first-order chi connectivity index (χ1) is 10.2. The first kappa shape index (κ1) is 13.4. The van der Waals surface area contributed by atoms with Gasteiger partial charge in [0.15, 0.2) is 0 Å². The molecule has 3 rings (SSSR count). The van der Waals surface area contributed by atoms with Gasteiger partial charge in [-0.05, 0) is 31.0 Å². The highest BCUT2D eigenvalue weighted by Crippen LogP contribution is 2.20. The van der Waals surface area contributed by atoms with Crippen molar-refractivity contribution in [1.29, 1.82) is 0 Å². The molecule has 3 aromatic rings. The van der Waals surface area contributed by atoms with E-state index in [1.54, 1.807) is 18.2 Å². The Morgan fingerprint density at radius 3 is 2.62 bits per heavy atom. The summed E-state index contributed by atoms with van der Waals surface area (Å²) in [5.41, 5.74) is 3.25. The molecule has 0 spiro atoms. The van der Waals surface area contributed by atoms with Crippen molar-refractivity contribution in [3.05, 3.63) is 65.5 Å². The highest BCUT2D eigenvalue weighted by atomic mass is 16.5. The molecule has 106 valence electrons. The van der Waals surface area contributed by atoms with Crippen molar-refractivity contribution in [1.82, 2.24) is 10.1 Å². The average molecular weight is 280 g/mol. The van der Waals surface area contributed by atoms with Crippen LogP contribution in [0.2, 0.25) is 0 Å². The summed E-state index contributed by atoms with van der Waals surface area (Å²) in [5.74, 6) is 1.30. The van der Waals surface area contributed by atoms with Gasteiger partial charge in [0.05, 0.1) is 0 Å². The fourth-order valence-electron chi connectivity index (χ4n) is 2.12. The highest BCUT2D eigenvalue weighted by molar-refractivity contribution is 5.56. The van der Waals surface area contributed by atoms with E-state index >= 15 is 0 Å². The lowest BCUT2D eigenvalue weighted by molar-refractivity contribution is 0.379. The van der Waals surface area contributed by atoms with Crippen LogP contribution < -0.4 is 0 Å². The second kappa shape index (κ2) is 5.79. The van der Waals surface area contributed by atoms with Gasteiger partial charge in [-0.3, -0.25) is 0 Å². The van der Waals surface area contributed by atoms with Gasteiger partial charge < -0.3 is 9.63 Å². The van der Waals surface area contributed by atoms with Crippen LogP contribution in [-0.2, 0) is 12.8 Å². The minimum Gasteiger partial charge on any atom is -0.508 e. The SMILES string of the molecule is Cc1ccc(CCc2nc(-c3cccc(O)c3)no2)cc1. The Kier molecular flexibility index (Phi) is 3.69. The lowest BCUT2D eigenvalue weighted by atomic mass is 10.1. The molecule has 0 amide bonds. The average Bonchev–Trinajstić information content (AvgIpc) is 2.96. The van der Waals surface area contributed by atoms with Crippen molar-refractivity contribution in [3.8, 4) is 17.1 Å². The van der Waals surface area contributed by atoms with Gasteiger partial charge in [-0.15, -0.1) is 0 Å². The summed E-state index contributed by atoms with van der Waals surface area (Å²) in [7, 11) is 0. The molecule has 0 aliphatic carbocycles. The maximum Gasteiger partial charge on any atom is 0.227 e. The maximum atomic E-state index is 9.47. The second-order valence-corrected chi connectivity index (χ2v) is 5.05. The fraction of sp³-hybridized carbons (Fsp3) is 0.176. The Balaban J connectivity index is 1.69. The Hall–Kier alpha value is -2.62. The third-order valence-corrected chi connectivity index (χ3v) is 3.32. The number of nitrogens with zero attached hydrogens (tertiary/aromatic N) is 2. The smallest absolute Gasteiger partial charge is 0.227 e. The predicted molar refractivity (Wildman–Crippen MR) is 80.0 cm³/mol. The minimum absolute atomic E-state index is 0.193. The van der Waals surface area contributed by atoms with E-state index in [-0.39, 0.29) is 5.75 Å². The molecule has 0 atom stereocenters. The van der Waals surface area contributed by atoms with Crippen LogP contribution in [0.25, 0.3) is 11.4 Å². The lowest BCUT2D eigenvalue weighted by Gasteiger charge is -1.98. The van der Waals surface area contributed by atoms with Crippen molar-refractivity contribution < 1.29 is 9.63 Å². The molecule has 4 nitrogen and oxygen atoms in total. The number of phenols is 1. The number of aromatic nitrogens is 2. The van der Waals surface area contributed by atoms with Crippen LogP contribution in [0.1, 0.15) is 17.0 Å². The molecule has 0 saturated heterocycles. The molecule has 0 bridgehead atoms. The quantitative estimate of drug-likeness (QED) is 0.794. The summed E-state index contributed by atoms with van der Waals surface area (Å²) in [6, 6.07) is 15.3. The van der Waals surface area contributed by atoms with E-state index in [1.807, 2.05) is 6.07 Å². The molecule has 0 unspecified atom stereocenters. The summed E-state index contributed by atoms with van der Waals surface area (Å²) >= 11 is 0. The van der Waals surface area contributed by atoms with E-state index in [0.29, 0.717) is 18.1 Å². The first-order valence-electron chi connectivity index (χ1n) is 6.88. The number of rotatable bonds is 4. The largest absolute Gasteiger partial charge is 0.508 e. The molecule has 1 aromatic heterocycles. The number of benzene rings is 2. The van der Waals surface area contributed by atoms with Crippen molar-refractivity contribution in [2.24, 2.45) is 0 Å². The van der Waals surface area contributed by atoms with E-state index in [0.717, 1.165) is 12.0 Å². The Morgan fingerprint density at radius 2 is 1.86 bits per heavy atom. The first-order valence-corrected chi connectivity index (χ1v) is 6.88. The molecule has 1 heterocycles. The molecule has 1 N–H and O–H groups in total. The number of aromatic hydroxyl groups is 1. The van der Waals surface area contributed by atoms with E-state index in [1.165, 1.54) is 11.1 Å². The molecular formula is C17H16N2O2. The standard InChI is InChI=1S/C17H16N2O2/c1-12-5-7-13(8-6-12)9-10-16-18-17(19-21-16)14-3-2-4-15(20)11-14/h2-8,11,20H,9-10H2,1H3. The summed E-state index contributed by atoms with van der Waals surface area (Å²) < 4.78 is 5.26. The molecule has 2 aromatic carbocycles. The second-order valence-electron chi connectivity index (χ2n) is 5.05. The highest BCUT2D eigenvalue weighted by Gasteiger charge is 2.09. The summed E-state index contributed by atoms with van der Waals surface area (Å²) in [6.07, 6.45) is 1.57. The van der Waals surface area contributed by atoms with Gasteiger partial charge >= 0.3 is 0 Å². The molecule has 0 radical (unpaired) electrons. The van der Waals surface area contributed by atoms with Crippen LogP contribution in [0.4, 0.5) is 0 Å². The number of phenolic OH excluding ortho intramolecular Hbond substituents is 1. The third-order valence-electron chi connectivity index (χ3n) is 3.32. The van der Waals surface area contributed by atoms with Crippen molar-refractivity contribution >= 4 is 0 Å². The van der Waals surface area contributed by atoms with Crippen LogP contribution in [0.15, 0.2) is 53.1 Å². The molecule has 0 aliphatic rings. The molecule has 0 aliphatic heterocycles. The van der Waals surface area contributed by atoms with Crippen molar-refractivity contribution in [3.63, 3.8) is 0 Å². The van der Waals surface area contributed by atoms with Gasteiger partial charge in [-0.25, -0.2) is 0 Å². The summed E-state index contributed by atoms with van der Waals surface area (Å²) in [4.78, 5) is 4.37. The number of hydrogen-bond acceptors (Lipinski definition) is 4. The van der Waals surface area contributed by atoms with E-state index in [9.17, 15) is 5.11 Å². The van der Waals surface area contributed by atoms with Gasteiger partial charge in [-0.1, -0.05) is 47.1 Å². The fourth-order valence-corrected chi connectivity index (χ4v) is 2.12. The zero-order valence-corrected chi connectivity index (χ0v) is 11.8. The Labute approximate surface area is 123 Å². The van der Waals surface area contributed by atoms with Crippen LogP contribution in [0, 0.1) is 6.92 Å². The monoisotopic (exact) mass is 280 g/mol. The topological polar surface area (TPSA) is 59.2 Å². The molecule has 21 heavy (non-hydrogen) atoms.